The summed E-state index contributed by atoms with van der Waals surface area (Å²) in [6, 6.07) is 48.0. The molecular formula is C63H63N3O. The Morgan fingerprint density at radius 3 is 1.85 bits per heavy atom. The molecule has 0 bridgehead atoms. The minimum absolute atomic E-state index is 0.163. The third kappa shape index (κ3) is 8.98. The SMILES string of the molecule is [2H]C(C)(C)c1ccc(-c2ccnc(-c3cc(-c4ccccc4)cc(-c4cccc5c4nc(-c4cc(C(C([2H])([2H])[2H])(C([2H])([2H])[2H])C([2H])([2H])[2H])cc(C(C([2H])([2H])[2H])(C([2H])([2H])[2H])C([2H])([2H])[2H])c4O)n5-c4ccc(-c5ccccc5)c(C(C)(C)C)c4)c3)c2)cc1. The van der Waals surface area contributed by atoms with E-state index in [-0.39, 0.29) is 11.0 Å². The van der Waals surface area contributed by atoms with Gasteiger partial charge in [-0.2, -0.15) is 0 Å². The molecule has 0 aliphatic rings. The highest BCUT2D eigenvalue weighted by Crippen LogP contribution is 2.46. The summed E-state index contributed by atoms with van der Waals surface area (Å²) >= 11 is 0. The second-order valence-corrected chi connectivity index (χ2v) is 18.4. The van der Waals surface area contributed by atoms with E-state index in [9.17, 15) is 5.11 Å². The summed E-state index contributed by atoms with van der Waals surface area (Å²) < 4.78 is 168. The molecule has 336 valence electrons. The third-order valence-corrected chi connectivity index (χ3v) is 12.2. The maximum Gasteiger partial charge on any atom is 0.149 e. The van der Waals surface area contributed by atoms with Crippen molar-refractivity contribution in [1.29, 1.82) is 0 Å². The highest BCUT2D eigenvalue weighted by atomic mass is 16.3. The van der Waals surface area contributed by atoms with Crippen LogP contribution in [0.4, 0.5) is 0 Å². The summed E-state index contributed by atoms with van der Waals surface area (Å²) in [5, 5.41) is 13.1. The van der Waals surface area contributed by atoms with E-state index in [0.29, 0.717) is 34.1 Å². The van der Waals surface area contributed by atoms with Crippen molar-refractivity contribution in [2.24, 2.45) is 0 Å². The summed E-state index contributed by atoms with van der Waals surface area (Å²) in [5.41, 5.74) is -2.73. The van der Waals surface area contributed by atoms with Crippen LogP contribution >= 0.6 is 0 Å². The molecular weight excluding hydrogens is 815 g/mol. The monoisotopic (exact) mass is 897 g/mol. The summed E-state index contributed by atoms with van der Waals surface area (Å²) in [4.78, 5) is 10.0. The zero-order valence-corrected chi connectivity index (χ0v) is 38.0. The standard InChI is InChI=1S/C63H63N3O/c1-40(2)41-25-27-43(28-26-41)45-31-32-64-56(36-45)48-34-46(42-19-14-12-15-20-42)33-47(35-48)52-23-18-24-57-58(52)65-60(53-37-49(61(3,4)5)38-55(59(53)67)63(9,10)11)66(57)50-29-30-51(44-21-16-13-17-22-44)54(39-50)62(6,7)8/h12-40,67H,1-11H3/i3D3,4D3,5D3,9D3,10D3,11D3,40D. The molecule has 0 aliphatic carbocycles. The fourth-order valence-corrected chi connectivity index (χ4v) is 8.74. The first kappa shape index (κ1) is 27.6. The number of rotatable bonds is 8. The smallest absolute Gasteiger partial charge is 0.149 e. The lowest BCUT2D eigenvalue weighted by molar-refractivity contribution is 0.446. The zero-order valence-electron chi connectivity index (χ0n) is 57.0. The Morgan fingerprint density at radius 1 is 0.522 bits per heavy atom. The lowest BCUT2D eigenvalue weighted by atomic mass is 9.78. The van der Waals surface area contributed by atoms with Crippen molar-refractivity contribution in [3.8, 4) is 78.6 Å². The second kappa shape index (κ2) is 17.3. The molecule has 0 unspecified atom stereocenters. The van der Waals surface area contributed by atoms with Crippen LogP contribution in [0.25, 0.3) is 83.9 Å². The Labute approximate surface area is 424 Å². The molecule has 0 amide bonds. The quantitative estimate of drug-likeness (QED) is 0.165. The number of nitrogens with zero attached hydrogens (tertiary/aromatic N) is 3. The van der Waals surface area contributed by atoms with Gasteiger partial charge in [-0.25, -0.2) is 4.98 Å². The van der Waals surface area contributed by atoms with Crippen LogP contribution in [-0.4, -0.2) is 19.6 Å². The maximum atomic E-state index is 13.1. The first-order chi connectivity index (χ1) is 39.6. The molecule has 2 aromatic heterocycles. The minimum Gasteiger partial charge on any atom is -0.507 e. The van der Waals surface area contributed by atoms with Gasteiger partial charge in [0.25, 0.3) is 0 Å². The van der Waals surface area contributed by atoms with Crippen molar-refractivity contribution in [2.45, 2.75) is 97.9 Å². The van der Waals surface area contributed by atoms with Gasteiger partial charge in [0.1, 0.15) is 11.6 Å². The number of phenols is 1. The molecule has 0 atom stereocenters. The molecule has 4 nitrogen and oxygen atoms in total. The second-order valence-electron chi connectivity index (χ2n) is 18.4. The van der Waals surface area contributed by atoms with Crippen LogP contribution in [0.1, 0.15) is 130 Å². The largest absolute Gasteiger partial charge is 0.507 e. The maximum absolute atomic E-state index is 13.1. The van der Waals surface area contributed by atoms with Crippen molar-refractivity contribution in [3.05, 3.63) is 192 Å². The summed E-state index contributed by atoms with van der Waals surface area (Å²) in [7, 11) is 0. The van der Waals surface area contributed by atoms with E-state index < -0.39 is 91.5 Å². The van der Waals surface area contributed by atoms with Crippen LogP contribution in [0.5, 0.6) is 5.75 Å². The molecule has 0 aliphatic heterocycles. The van der Waals surface area contributed by atoms with E-state index in [1.807, 2.05) is 162 Å². The van der Waals surface area contributed by atoms with Gasteiger partial charge in [0, 0.05) is 54.6 Å². The fraction of sp³-hybridized carbons (Fsp3) is 0.238. The normalized spacial score (nSPS) is 17.8. The van der Waals surface area contributed by atoms with Crippen molar-refractivity contribution in [3.63, 3.8) is 0 Å². The number of phenolic OH excluding ortho intramolecular Hbond substituents is 1. The van der Waals surface area contributed by atoms with Gasteiger partial charge >= 0.3 is 0 Å². The van der Waals surface area contributed by atoms with Crippen LogP contribution < -0.4 is 0 Å². The number of imidazole rings is 1. The van der Waals surface area contributed by atoms with Gasteiger partial charge in [-0.15, -0.1) is 0 Å². The van der Waals surface area contributed by atoms with Crippen molar-refractivity contribution < 1.29 is 31.2 Å². The van der Waals surface area contributed by atoms with Crippen LogP contribution in [0.15, 0.2) is 170 Å². The van der Waals surface area contributed by atoms with Crippen LogP contribution in [0.2, 0.25) is 0 Å². The fourth-order valence-electron chi connectivity index (χ4n) is 8.74. The number of benzene rings is 7. The average Bonchev–Trinajstić information content (AvgIpc) is 0.773. The lowest BCUT2D eigenvalue weighted by Gasteiger charge is -2.28. The number of hydrogen-bond donors (Lipinski definition) is 1. The summed E-state index contributed by atoms with van der Waals surface area (Å²) in [6.07, 6.45) is 1.69. The summed E-state index contributed by atoms with van der Waals surface area (Å²) in [6.45, 7) is -15.0. The van der Waals surface area contributed by atoms with Gasteiger partial charge in [0.15, 0.2) is 0 Å². The minimum atomic E-state index is -4.15. The Morgan fingerprint density at radius 2 is 1.18 bits per heavy atom. The van der Waals surface area contributed by atoms with Gasteiger partial charge in [-0.3, -0.25) is 9.55 Å². The van der Waals surface area contributed by atoms with Gasteiger partial charge in [-0.05, 0) is 132 Å². The Hall–Kier alpha value is -7.04. The van der Waals surface area contributed by atoms with Crippen molar-refractivity contribution in [1.82, 2.24) is 14.5 Å². The third-order valence-electron chi connectivity index (χ3n) is 12.2. The molecule has 0 saturated heterocycles. The van der Waals surface area contributed by atoms with E-state index in [2.05, 4.69) is 0 Å². The molecule has 9 rings (SSSR count). The number of para-hydroxylation sites is 1. The van der Waals surface area contributed by atoms with Crippen LogP contribution in [0, 0.1) is 0 Å². The van der Waals surface area contributed by atoms with E-state index in [1.54, 1.807) is 30.5 Å². The number of aromatic hydroxyl groups is 1. The molecule has 7 aromatic carbocycles. The van der Waals surface area contributed by atoms with E-state index in [4.69, 9.17) is 36.0 Å². The Balaban J connectivity index is 1.46. The Bertz CT molecular complexity index is 3920. The Kier molecular flexibility index (Phi) is 7.12. The molecule has 4 heteroatoms. The number of hydrogen-bond acceptors (Lipinski definition) is 3. The predicted molar refractivity (Wildman–Crippen MR) is 283 cm³/mol. The highest BCUT2D eigenvalue weighted by molar-refractivity contribution is 5.98. The topological polar surface area (TPSA) is 50.9 Å². The average molecular weight is 897 g/mol. The predicted octanol–water partition coefficient (Wildman–Crippen LogP) is 17.1. The zero-order chi connectivity index (χ0) is 63.3. The van der Waals surface area contributed by atoms with Gasteiger partial charge in [0.2, 0.25) is 0 Å². The molecule has 67 heavy (non-hydrogen) atoms. The number of aromatic nitrogens is 3. The molecule has 0 fully saturated rings. The van der Waals surface area contributed by atoms with E-state index >= 15 is 0 Å². The molecule has 9 aromatic rings. The number of pyridine rings is 1. The van der Waals surface area contributed by atoms with Crippen molar-refractivity contribution in [2.75, 3.05) is 0 Å². The highest BCUT2D eigenvalue weighted by Gasteiger charge is 2.29. The first-order valence-corrected chi connectivity index (χ1v) is 22.0. The molecule has 0 saturated carbocycles. The first-order valence-electron chi connectivity index (χ1n) is 31.5. The van der Waals surface area contributed by atoms with E-state index in [1.165, 1.54) is 4.57 Å². The van der Waals surface area contributed by atoms with Gasteiger partial charge < -0.3 is 5.11 Å². The van der Waals surface area contributed by atoms with Gasteiger partial charge in [0.05, 0.1) is 22.3 Å². The molecule has 2 heterocycles. The van der Waals surface area contributed by atoms with Crippen LogP contribution in [0.3, 0.4) is 0 Å². The molecule has 0 spiro atoms. The molecule has 0 radical (unpaired) electrons. The molecule has 1 N–H and O–H groups in total. The van der Waals surface area contributed by atoms with Crippen LogP contribution in [-0.2, 0) is 16.2 Å². The number of fused-ring (bicyclic) bond motifs is 1. The van der Waals surface area contributed by atoms with E-state index in [0.717, 1.165) is 50.6 Å². The van der Waals surface area contributed by atoms with Gasteiger partial charge in [-0.1, -0.05) is 185 Å². The van der Waals surface area contributed by atoms with Crippen molar-refractivity contribution >= 4 is 11.0 Å². The summed E-state index contributed by atoms with van der Waals surface area (Å²) in [5.74, 6) is -2.60. The lowest BCUT2D eigenvalue weighted by Crippen LogP contribution is -2.17.